The molecule has 0 saturated heterocycles. The van der Waals surface area contributed by atoms with Crippen LogP contribution in [0.3, 0.4) is 0 Å². The molecule has 0 aliphatic carbocycles. The number of benzene rings is 1. The van der Waals surface area contributed by atoms with Gasteiger partial charge in [-0.1, -0.05) is 6.07 Å². The lowest BCUT2D eigenvalue weighted by Gasteiger charge is -2.27. The predicted octanol–water partition coefficient (Wildman–Crippen LogP) is 4.83. The van der Waals surface area contributed by atoms with Crippen LogP contribution in [0.5, 0.6) is 0 Å². The molecule has 1 aromatic carbocycles. The van der Waals surface area contributed by atoms with Crippen molar-refractivity contribution in [3.63, 3.8) is 0 Å². The summed E-state index contributed by atoms with van der Waals surface area (Å²) in [4.78, 5) is 36.7. The Morgan fingerprint density at radius 3 is 2.15 bits per heavy atom. The van der Waals surface area contributed by atoms with E-state index in [4.69, 9.17) is 9.47 Å². The quantitative estimate of drug-likeness (QED) is 0.366. The van der Waals surface area contributed by atoms with Gasteiger partial charge in [0.05, 0.1) is 15.8 Å². The van der Waals surface area contributed by atoms with Gasteiger partial charge in [0.1, 0.15) is 16.9 Å². The summed E-state index contributed by atoms with van der Waals surface area (Å²) in [5, 5.41) is 11.5. The van der Waals surface area contributed by atoms with Crippen LogP contribution in [-0.2, 0) is 14.3 Å². The van der Waals surface area contributed by atoms with Crippen molar-refractivity contribution in [3.8, 4) is 0 Å². The third-order valence-corrected chi connectivity index (χ3v) is 3.65. The highest BCUT2D eigenvalue weighted by atomic mass is 79.9. The number of nitro benzene ring substituents is 1. The summed E-state index contributed by atoms with van der Waals surface area (Å²) < 4.78 is 10.8. The predicted molar refractivity (Wildman–Crippen MR) is 105 cm³/mol. The van der Waals surface area contributed by atoms with Crippen LogP contribution < -0.4 is 4.90 Å². The average molecular weight is 445 g/mol. The maximum Gasteiger partial charge on any atom is 0.415 e. The molecule has 1 rings (SSSR count). The van der Waals surface area contributed by atoms with Crippen molar-refractivity contribution in [2.75, 3.05) is 11.4 Å². The normalized spacial score (nSPS) is 11.7. The van der Waals surface area contributed by atoms with E-state index in [2.05, 4.69) is 15.9 Å². The highest BCUT2D eigenvalue weighted by Crippen LogP contribution is 2.36. The summed E-state index contributed by atoms with van der Waals surface area (Å²) in [7, 11) is 0. The Bertz CT molecular complexity index is 722. The number of hydrogen-bond donors (Lipinski definition) is 0. The lowest BCUT2D eigenvalue weighted by Crippen LogP contribution is -2.39. The number of rotatable bonds is 5. The number of hydrogen-bond acceptors (Lipinski definition) is 6. The Balaban J connectivity index is 3.20. The van der Waals surface area contributed by atoms with Crippen LogP contribution in [-0.4, -0.2) is 34.7 Å². The second-order valence-corrected chi connectivity index (χ2v) is 8.69. The molecule has 9 heteroatoms. The maximum atomic E-state index is 12.7. The summed E-state index contributed by atoms with van der Waals surface area (Å²) in [5.74, 6) is -0.520. The molecule has 0 radical (unpaired) electrons. The minimum Gasteiger partial charge on any atom is -0.460 e. The molecule has 0 heterocycles. The molecule has 0 unspecified atom stereocenters. The molecule has 0 aliphatic heterocycles. The number of ether oxygens (including phenoxy) is 2. The van der Waals surface area contributed by atoms with Crippen LogP contribution in [0.2, 0.25) is 0 Å². The zero-order valence-corrected chi connectivity index (χ0v) is 18.0. The second kappa shape index (κ2) is 8.69. The summed E-state index contributed by atoms with van der Waals surface area (Å²) in [6.45, 7) is 10.1. The molecule has 0 saturated carbocycles. The van der Waals surface area contributed by atoms with Crippen LogP contribution in [0.15, 0.2) is 22.7 Å². The van der Waals surface area contributed by atoms with Crippen LogP contribution in [0.4, 0.5) is 16.2 Å². The minimum absolute atomic E-state index is 0.0344. The monoisotopic (exact) mass is 444 g/mol. The van der Waals surface area contributed by atoms with E-state index in [9.17, 15) is 19.7 Å². The van der Waals surface area contributed by atoms with Gasteiger partial charge in [-0.3, -0.25) is 19.8 Å². The Morgan fingerprint density at radius 2 is 1.67 bits per heavy atom. The Hall–Kier alpha value is -2.16. The molecule has 0 atom stereocenters. The van der Waals surface area contributed by atoms with Gasteiger partial charge in [-0.15, -0.1) is 0 Å². The Kier molecular flexibility index (Phi) is 7.36. The zero-order chi connectivity index (χ0) is 21.0. The molecular formula is C18H25BrN2O6. The number of nitro groups is 1. The largest absolute Gasteiger partial charge is 0.460 e. The molecule has 27 heavy (non-hydrogen) atoms. The van der Waals surface area contributed by atoms with Gasteiger partial charge in [0.2, 0.25) is 0 Å². The number of esters is 1. The van der Waals surface area contributed by atoms with Crippen molar-refractivity contribution in [1.29, 1.82) is 0 Å². The van der Waals surface area contributed by atoms with Crippen LogP contribution in [0.25, 0.3) is 0 Å². The number of carbonyl (C=O) groups is 2. The average Bonchev–Trinajstić information content (AvgIpc) is 2.43. The van der Waals surface area contributed by atoms with Gasteiger partial charge in [-0.25, -0.2) is 4.79 Å². The molecule has 0 bridgehead atoms. The van der Waals surface area contributed by atoms with E-state index in [1.807, 2.05) is 0 Å². The third-order valence-electron chi connectivity index (χ3n) is 3.01. The minimum atomic E-state index is -0.804. The van der Waals surface area contributed by atoms with E-state index in [1.165, 1.54) is 12.1 Å². The summed E-state index contributed by atoms with van der Waals surface area (Å²) >= 11 is 3.13. The number of anilines is 1. The fraction of sp³-hybridized carbons (Fsp3) is 0.556. The smallest absolute Gasteiger partial charge is 0.415 e. The van der Waals surface area contributed by atoms with Crippen LogP contribution in [0, 0.1) is 10.1 Å². The molecule has 1 amide bonds. The maximum absolute atomic E-state index is 12.7. The van der Waals surface area contributed by atoms with Crippen molar-refractivity contribution < 1.29 is 24.0 Å². The summed E-state index contributed by atoms with van der Waals surface area (Å²) in [5.41, 5.74) is -1.72. The van der Waals surface area contributed by atoms with E-state index in [-0.39, 0.29) is 28.8 Å². The number of halogens is 1. The van der Waals surface area contributed by atoms with E-state index >= 15 is 0 Å². The van der Waals surface area contributed by atoms with E-state index in [1.54, 1.807) is 47.6 Å². The van der Waals surface area contributed by atoms with Gasteiger partial charge < -0.3 is 9.47 Å². The standard InChI is InChI=1S/C18H25BrN2O6/c1-17(2,3)26-14(22)10-11-20(16(23)27-18(4,5)6)13-9-7-8-12(19)15(13)21(24)25/h7-9H,10-11H2,1-6H3. The van der Waals surface area contributed by atoms with Crippen molar-refractivity contribution >= 4 is 39.4 Å². The molecule has 0 fully saturated rings. The highest BCUT2D eigenvalue weighted by Gasteiger charge is 2.31. The van der Waals surface area contributed by atoms with Gasteiger partial charge in [0.25, 0.3) is 0 Å². The van der Waals surface area contributed by atoms with E-state index < -0.39 is 28.2 Å². The number of amides is 1. The molecular weight excluding hydrogens is 420 g/mol. The molecule has 0 spiro atoms. The number of para-hydroxylation sites is 1. The fourth-order valence-corrected chi connectivity index (χ4v) is 2.63. The van der Waals surface area contributed by atoms with Gasteiger partial charge in [-0.2, -0.15) is 0 Å². The lowest BCUT2D eigenvalue weighted by atomic mass is 10.2. The van der Waals surface area contributed by atoms with Crippen LogP contribution in [0.1, 0.15) is 48.0 Å². The van der Waals surface area contributed by atoms with Crippen molar-refractivity contribution in [2.45, 2.75) is 59.2 Å². The molecule has 8 nitrogen and oxygen atoms in total. The Morgan fingerprint density at radius 1 is 1.11 bits per heavy atom. The highest BCUT2D eigenvalue weighted by molar-refractivity contribution is 9.10. The summed E-state index contributed by atoms with van der Waals surface area (Å²) in [6.07, 6.45) is -0.924. The van der Waals surface area contributed by atoms with Crippen molar-refractivity contribution in [1.82, 2.24) is 0 Å². The first-order valence-corrected chi connectivity index (χ1v) is 9.16. The molecule has 0 aliphatic rings. The number of nitrogens with zero attached hydrogens (tertiary/aromatic N) is 2. The van der Waals surface area contributed by atoms with Gasteiger partial charge in [0.15, 0.2) is 0 Å². The number of carbonyl (C=O) groups excluding carboxylic acids is 2. The molecule has 0 aromatic heterocycles. The zero-order valence-electron chi connectivity index (χ0n) is 16.4. The molecule has 150 valence electrons. The Labute approximate surface area is 167 Å². The molecule has 1 aromatic rings. The third kappa shape index (κ3) is 7.54. The SMILES string of the molecule is CC(C)(C)OC(=O)CCN(C(=O)OC(C)(C)C)c1cccc(Br)c1[N+](=O)[O-]. The summed E-state index contributed by atoms with van der Waals surface area (Å²) in [6, 6.07) is 4.50. The topological polar surface area (TPSA) is 99.0 Å². The van der Waals surface area contributed by atoms with Gasteiger partial charge in [0, 0.05) is 6.54 Å². The van der Waals surface area contributed by atoms with E-state index in [0.29, 0.717) is 0 Å². The van der Waals surface area contributed by atoms with Crippen molar-refractivity contribution in [2.24, 2.45) is 0 Å². The lowest BCUT2D eigenvalue weighted by molar-refractivity contribution is -0.384. The second-order valence-electron chi connectivity index (χ2n) is 7.83. The van der Waals surface area contributed by atoms with Crippen LogP contribution >= 0.6 is 15.9 Å². The molecule has 0 N–H and O–H groups in total. The fourth-order valence-electron chi connectivity index (χ4n) is 2.13. The first-order valence-electron chi connectivity index (χ1n) is 8.36. The van der Waals surface area contributed by atoms with E-state index in [0.717, 1.165) is 4.90 Å². The first kappa shape index (κ1) is 22.9. The van der Waals surface area contributed by atoms with Gasteiger partial charge >= 0.3 is 17.7 Å². The first-order chi connectivity index (χ1) is 12.2. The van der Waals surface area contributed by atoms with Gasteiger partial charge in [-0.05, 0) is 69.6 Å². The van der Waals surface area contributed by atoms with Crippen molar-refractivity contribution in [3.05, 3.63) is 32.8 Å².